The van der Waals surface area contributed by atoms with Gasteiger partial charge in [0.25, 0.3) is 0 Å². The van der Waals surface area contributed by atoms with Crippen LogP contribution in [0, 0.1) is 0 Å². The van der Waals surface area contributed by atoms with Crippen molar-refractivity contribution in [2.24, 2.45) is 0 Å². The highest BCUT2D eigenvalue weighted by Crippen LogP contribution is 2.36. The number of halogens is 1. The van der Waals surface area contributed by atoms with Gasteiger partial charge in [-0.1, -0.05) is 38.4 Å². The maximum absolute atomic E-state index is 12.2. The van der Waals surface area contributed by atoms with Gasteiger partial charge in [-0.15, -0.1) is 0 Å². The topological polar surface area (TPSA) is 48.0 Å². The zero-order valence-electron chi connectivity index (χ0n) is 16.5. The van der Waals surface area contributed by atoms with Crippen LogP contribution in [0.15, 0.2) is 24.3 Å². The van der Waals surface area contributed by atoms with Gasteiger partial charge in [0.2, 0.25) is 0 Å². The number of ether oxygens (including phenoxy) is 2. The summed E-state index contributed by atoms with van der Waals surface area (Å²) in [6.45, 7) is 14.4. The molecule has 2 rings (SSSR count). The highest BCUT2D eigenvalue weighted by molar-refractivity contribution is 6.74. The Balaban J connectivity index is 1.84. The molecule has 26 heavy (non-hydrogen) atoms. The second kappa shape index (κ2) is 8.19. The summed E-state index contributed by atoms with van der Waals surface area (Å²) in [6, 6.07) is 7.15. The van der Waals surface area contributed by atoms with E-state index in [0.717, 1.165) is 0 Å². The molecule has 1 aliphatic rings. The van der Waals surface area contributed by atoms with Gasteiger partial charge in [-0.3, -0.25) is 4.90 Å². The first kappa shape index (κ1) is 21.1. The Labute approximate surface area is 162 Å². The lowest BCUT2D eigenvalue weighted by atomic mass is 10.2. The fraction of sp³-hybridized carbons (Fsp3) is 0.632. The zero-order chi connectivity index (χ0) is 19.5. The second-order valence-corrected chi connectivity index (χ2v) is 13.6. The van der Waals surface area contributed by atoms with Gasteiger partial charge in [0.05, 0.1) is 19.2 Å². The van der Waals surface area contributed by atoms with Crippen LogP contribution in [-0.2, 0) is 9.16 Å². The van der Waals surface area contributed by atoms with Crippen LogP contribution in [0.1, 0.15) is 27.7 Å². The van der Waals surface area contributed by atoms with Crippen LogP contribution in [0.3, 0.4) is 0 Å². The summed E-state index contributed by atoms with van der Waals surface area (Å²) < 4.78 is 17.4. The molecular weight excluding hydrogens is 370 g/mol. The number of nitrogens with zero attached hydrogens (tertiary/aromatic N) is 1. The third-order valence-corrected chi connectivity index (χ3v) is 9.89. The zero-order valence-corrected chi connectivity index (χ0v) is 18.3. The molecular formula is C19H30ClNO4Si. The first-order chi connectivity index (χ1) is 12.0. The first-order valence-corrected chi connectivity index (χ1v) is 12.3. The third-order valence-electron chi connectivity index (χ3n) is 5.16. The van der Waals surface area contributed by atoms with Crippen molar-refractivity contribution in [2.75, 3.05) is 19.8 Å². The molecule has 1 amide bonds. The molecule has 1 aromatic rings. The minimum absolute atomic E-state index is 0.0344. The largest absolute Gasteiger partial charge is 0.490 e. The van der Waals surface area contributed by atoms with E-state index < -0.39 is 8.32 Å². The van der Waals surface area contributed by atoms with E-state index in [1.807, 2.05) is 19.1 Å². The van der Waals surface area contributed by atoms with Crippen molar-refractivity contribution in [3.8, 4) is 5.75 Å². The smallest absolute Gasteiger partial charge is 0.410 e. The molecule has 146 valence electrons. The number of cyclic esters (lactones) is 1. The molecule has 1 heterocycles. The monoisotopic (exact) mass is 399 g/mol. The Bertz CT molecular complexity index is 632. The van der Waals surface area contributed by atoms with Gasteiger partial charge in [0.15, 0.2) is 14.4 Å². The molecule has 0 saturated carbocycles. The molecule has 0 aliphatic carbocycles. The average Bonchev–Trinajstić information content (AvgIpc) is 2.91. The van der Waals surface area contributed by atoms with Gasteiger partial charge in [-0.05, 0) is 43.3 Å². The fourth-order valence-corrected chi connectivity index (χ4v) is 3.64. The summed E-state index contributed by atoms with van der Waals surface area (Å²) in [4.78, 5) is 13.9. The van der Waals surface area contributed by atoms with Crippen molar-refractivity contribution in [3.05, 3.63) is 29.3 Å². The van der Waals surface area contributed by atoms with Crippen molar-refractivity contribution >= 4 is 26.0 Å². The molecule has 1 saturated heterocycles. The molecule has 0 radical (unpaired) electrons. The molecule has 0 spiro atoms. The highest BCUT2D eigenvalue weighted by atomic mass is 35.5. The Morgan fingerprint density at radius 1 is 1.38 bits per heavy atom. The summed E-state index contributed by atoms with van der Waals surface area (Å²) in [5.41, 5.74) is 0. The van der Waals surface area contributed by atoms with Gasteiger partial charge in [-0.2, -0.15) is 0 Å². The molecule has 0 N–H and O–H groups in total. The summed E-state index contributed by atoms with van der Waals surface area (Å²) in [5.74, 6) is 0.668. The van der Waals surface area contributed by atoms with E-state index in [-0.39, 0.29) is 23.3 Å². The Kier molecular flexibility index (Phi) is 6.63. The predicted molar refractivity (Wildman–Crippen MR) is 107 cm³/mol. The summed E-state index contributed by atoms with van der Waals surface area (Å²) >= 11 is 5.95. The minimum Gasteiger partial charge on any atom is -0.490 e. The standard InChI is InChI=1S/C19H30ClNO4Si/c1-14(12-24-26(5,6)19(2,3)4)21-11-17(25-18(21)22)13-23-16-9-7-8-15(20)10-16/h7-10,14,17H,11-13H2,1-6H3/t14-,17-/m1/s1. The lowest BCUT2D eigenvalue weighted by molar-refractivity contribution is 0.1000. The number of benzene rings is 1. The second-order valence-electron chi connectivity index (χ2n) is 8.35. The molecule has 5 nitrogen and oxygen atoms in total. The highest BCUT2D eigenvalue weighted by Gasteiger charge is 2.39. The van der Waals surface area contributed by atoms with Crippen molar-refractivity contribution in [3.63, 3.8) is 0 Å². The van der Waals surface area contributed by atoms with Gasteiger partial charge in [-0.25, -0.2) is 4.79 Å². The van der Waals surface area contributed by atoms with Crippen LogP contribution < -0.4 is 4.74 Å². The van der Waals surface area contributed by atoms with Crippen LogP contribution in [0.25, 0.3) is 0 Å². The minimum atomic E-state index is -1.84. The van der Waals surface area contributed by atoms with Crippen molar-refractivity contribution in [1.29, 1.82) is 0 Å². The Morgan fingerprint density at radius 2 is 2.08 bits per heavy atom. The van der Waals surface area contributed by atoms with E-state index in [4.69, 9.17) is 25.5 Å². The van der Waals surface area contributed by atoms with E-state index in [0.29, 0.717) is 30.5 Å². The predicted octanol–water partition coefficient (Wildman–Crippen LogP) is 4.95. The number of amides is 1. The summed E-state index contributed by atoms with van der Waals surface area (Å²) in [6.07, 6.45) is -0.604. The summed E-state index contributed by atoms with van der Waals surface area (Å²) in [7, 11) is -1.84. The van der Waals surface area contributed by atoms with Crippen LogP contribution in [0.4, 0.5) is 4.79 Å². The van der Waals surface area contributed by atoms with E-state index in [9.17, 15) is 4.79 Å². The van der Waals surface area contributed by atoms with Crippen LogP contribution >= 0.6 is 11.6 Å². The maximum atomic E-state index is 12.2. The first-order valence-electron chi connectivity index (χ1n) is 8.99. The van der Waals surface area contributed by atoms with Gasteiger partial charge >= 0.3 is 6.09 Å². The van der Waals surface area contributed by atoms with Gasteiger partial charge in [0, 0.05) is 5.02 Å². The SMILES string of the molecule is C[C@H](CO[Si](C)(C)C(C)(C)C)N1C[C@H](COc2cccc(Cl)c2)OC1=O. The quantitative estimate of drug-likeness (QED) is 0.608. The molecule has 7 heteroatoms. The molecule has 1 fully saturated rings. The number of carbonyl (C=O) groups is 1. The van der Waals surface area contributed by atoms with E-state index in [2.05, 4.69) is 33.9 Å². The normalized spacial score (nSPS) is 19.4. The Morgan fingerprint density at radius 3 is 2.69 bits per heavy atom. The molecule has 1 aliphatic heterocycles. The van der Waals surface area contributed by atoms with Crippen molar-refractivity contribution in [1.82, 2.24) is 4.90 Å². The fourth-order valence-electron chi connectivity index (χ4n) is 2.37. The maximum Gasteiger partial charge on any atom is 0.410 e. The molecule has 2 atom stereocenters. The van der Waals surface area contributed by atoms with Crippen LogP contribution in [-0.4, -0.2) is 51.2 Å². The number of carbonyl (C=O) groups excluding carboxylic acids is 1. The third kappa shape index (κ3) is 5.38. The van der Waals surface area contributed by atoms with E-state index in [1.54, 1.807) is 17.0 Å². The van der Waals surface area contributed by atoms with E-state index >= 15 is 0 Å². The Hall–Kier alpha value is -1.24. The lowest BCUT2D eigenvalue weighted by Gasteiger charge is -2.37. The van der Waals surface area contributed by atoms with Crippen LogP contribution in [0.2, 0.25) is 23.2 Å². The number of hydrogen-bond donors (Lipinski definition) is 0. The van der Waals surface area contributed by atoms with E-state index in [1.165, 1.54) is 0 Å². The molecule has 0 bridgehead atoms. The van der Waals surface area contributed by atoms with Crippen LogP contribution in [0.5, 0.6) is 5.75 Å². The summed E-state index contributed by atoms with van der Waals surface area (Å²) in [5, 5.41) is 0.759. The van der Waals surface area contributed by atoms with Crippen molar-refractivity contribution in [2.45, 2.75) is 58.0 Å². The average molecular weight is 400 g/mol. The van der Waals surface area contributed by atoms with Gasteiger partial charge in [0.1, 0.15) is 12.4 Å². The molecule has 0 unspecified atom stereocenters. The van der Waals surface area contributed by atoms with Crippen molar-refractivity contribution < 1.29 is 18.7 Å². The number of hydrogen-bond acceptors (Lipinski definition) is 4. The lowest BCUT2D eigenvalue weighted by Crippen LogP contribution is -2.46. The number of rotatable bonds is 7. The molecule has 1 aromatic carbocycles. The molecule has 0 aromatic heterocycles. The van der Waals surface area contributed by atoms with Gasteiger partial charge < -0.3 is 13.9 Å².